The van der Waals surface area contributed by atoms with Gasteiger partial charge in [-0.3, -0.25) is 0 Å². The van der Waals surface area contributed by atoms with E-state index in [4.69, 9.17) is 10.5 Å². The smallest absolute Gasteiger partial charge is 0.306 e. The molecule has 0 bridgehead atoms. The van der Waals surface area contributed by atoms with Crippen molar-refractivity contribution in [3.8, 4) is 22.6 Å². The largest absolute Gasteiger partial charge is 0.456 e. The van der Waals surface area contributed by atoms with Gasteiger partial charge in [-0.05, 0) is 30.7 Å². The average Bonchev–Trinajstić information content (AvgIpc) is 2.85. The molecule has 5 nitrogen and oxygen atoms in total. The zero-order valence-corrected chi connectivity index (χ0v) is 18.8. The van der Waals surface area contributed by atoms with Crippen LogP contribution >= 0.6 is 0 Å². The van der Waals surface area contributed by atoms with Crippen LogP contribution < -0.4 is 14.4 Å². The van der Waals surface area contributed by atoms with E-state index in [1.165, 1.54) is 0 Å². The van der Waals surface area contributed by atoms with E-state index in [2.05, 4.69) is 0 Å². The van der Waals surface area contributed by atoms with Crippen molar-refractivity contribution in [2.24, 2.45) is 5.73 Å². The third-order valence-corrected chi connectivity index (χ3v) is 7.82. The first kappa shape index (κ1) is 22.0. The van der Waals surface area contributed by atoms with Crippen molar-refractivity contribution in [1.82, 2.24) is 3.89 Å². The molecule has 4 rings (SSSR count). The monoisotopic (exact) mass is 447 g/mol. The Bertz CT molecular complexity index is 1270. The summed E-state index contributed by atoms with van der Waals surface area (Å²) in [7, 11) is -3.52. The number of nitrogens with two attached hydrogens (primary N) is 1. The van der Waals surface area contributed by atoms with Gasteiger partial charge in [-0.1, -0.05) is 60.7 Å². The van der Waals surface area contributed by atoms with Crippen molar-refractivity contribution in [3.63, 3.8) is 0 Å². The van der Waals surface area contributed by atoms with Gasteiger partial charge in [-0.2, -0.15) is 12.3 Å². The molecule has 2 N–H and O–H groups in total. The van der Waals surface area contributed by atoms with Crippen LogP contribution in [-0.4, -0.2) is 27.3 Å². The van der Waals surface area contributed by atoms with E-state index >= 15 is 0 Å². The molecule has 6 heteroatoms. The number of benzene rings is 3. The van der Waals surface area contributed by atoms with Gasteiger partial charge < -0.3 is 10.5 Å². The zero-order valence-electron chi connectivity index (χ0n) is 18.0. The van der Waals surface area contributed by atoms with Crippen LogP contribution in [0.25, 0.3) is 11.1 Å². The molecule has 0 saturated heterocycles. The summed E-state index contributed by atoms with van der Waals surface area (Å²) in [4.78, 5) is 0. The van der Waals surface area contributed by atoms with Gasteiger partial charge in [-0.15, -0.1) is 0 Å². The molecule has 1 aliphatic heterocycles. The van der Waals surface area contributed by atoms with Gasteiger partial charge >= 0.3 is 10.0 Å². The van der Waals surface area contributed by atoms with Crippen LogP contribution in [0.15, 0.2) is 103 Å². The highest BCUT2D eigenvalue weighted by atomic mass is 32.2. The fraction of sp³-hybridized carbons (Fsp3) is 0.154. The van der Waals surface area contributed by atoms with E-state index < -0.39 is 10.0 Å². The van der Waals surface area contributed by atoms with Crippen molar-refractivity contribution in [3.05, 3.63) is 103 Å². The molecule has 0 aromatic heterocycles. The predicted octanol–water partition coefficient (Wildman–Crippen LogP) is 5.22. The molecule has 32 heavy (non-hydrogen) atoms. The number of rotatable bonds is 7. The maximum Gasteiger partial charge on any atom is 0.306 e. The summed E-state index contributed by atoms with van der Waals surface area (Å²) in [5.74, 6) is 1.29. The molecule has 1 atom stereocenters. The normalized spacial score (nSPS) is 18.2. The Labute approximate surface area is 189 Å². The average molecular weight is 448 g/mol. The number of nitrogens with zero attached hydrogens (tertiary/aromatic N) is 1. The molecule has 0 radical (unpaired) electrons. The first-order chi connectivity index (χ1) is 15.5. The molecule has 0 aliphatic carbocycles. The molecule has 0 amide bonds. The Morgan fingerprint density at radius 1 is 0.969 bits per heavy atom. The summed E-state index contributed by atoms with van der Waals surface area (Å²) in [6, 6.07) is 25.1. The van der Waals surface area contributed by atoms with Gasteiger partial charge in [0.05, 0.1) is 5.75 Å². The molecule has 1 heterocycles. The van der Waals surface area contributed by atoms with Gasteiger partial charge in [-0.25, -0.2) is 0 Å². The minimum absolute atomic E-state index is 0.0110. The lowest BCUT2D eigenvalue weighted by Gasteiger charge is -2.34. The van der Waals surface area contributed by atoms with E-state index in [1.807, 2.05) is 84.9 Å². The zero-order chi connectivity index (χ0) is 22.6. The van der Waals surface area contributed by atoms with Crippen molar-refractivity contribution in [2.45, 2.75) is 6.92 Å². The Balaban J connectivity index is 1.77. The van der Waals surface area contributed by atoms with Crippen LogP contribution in [0.5, 0.6) is 11.5 Å². The molecule has 0 fully saturated rings. The van der Waals surface area contributed by atoms with Gasteiger partial charge in [0.15, 0.2) is 5.69 Å². The Morgan fingerprint density at radius 2 is 1.72 bits per heavy atom. The van der Waals surface area contributed by atoms with Crippen LogP contribution in [0.4, 0.5) is 5.69 Å². The lowest BCUT2D eigenvalue weighted by atomic mass is 10.0. The highest BCUT2D eigenvalue weighted by Crippen LogP contribution is 2.38. The second kappa shape index (κ2) is 9.12. The number of sulfonamides is 1. The number of hydrogen-bond donors (Lipinski definition) is 1. The maximum atomic E-state index is 13.3. The SMILES string of the molecule is CCS(=O)(=O)[N+]1(c2cccc(Oc3ccccc3-c3ccccc3)c2)C=C(CN)C=CC1. The van der Waals surface area contributed by atoms with E-state index in [9.17, 15) is 8.42 Å². The third-order valence-electron chi connectivity index (χ3n) is 5.63. The Hall–Kier alpha value is -3.19. The maximum absolute atomic E-state index is 13.3. The Morgan fingerprint density at radius 3 is 2.47 bits per heavy atom. The van der Waals surface area contributed by atoms with Crippen molar-refractivity contribution >= 4 is 15.7 Å². The lowest BCUT2D eigenvalue weighted by Crippen LogP contribution is -2.51. The quantitative estimate of drug-likeness (QED) is 0.505. The summed E-state index contributed by atoms with van der Waals surface area (Å²) >= 11 is 0. The lowest BCUT2D eigenvalue weighted by molar-refractivity contribution is 0.479. The third kappa shape index (κ3) is 4.12. The predicted molar refractivity (Wildman–Crippen MR) is 131 cm³/mol. The summed E-state index contributed by atoms with van der Waals surface area (Å²) in [6.07, 6.45) is 5.50. The number of hydrogen-bond acceptors (Lipinski definition) is 4. The number of ether oxygens (including phenoxy) is 1. The number of para-hydroxylation sites is 1. The topological polar surface area (TPSA) is 69.4 Å². The highest BCUT2D eigenvalue weighted by Gasteiger charge is 2.42. The highest BCUT2D eigenvalue weighted by molar-refractivity contribution is 7.91. The molecular weight excluding hydrogens is 420 g/mol. The van der Waals surface area contributed by atoms with E-state index in [1.54, 1.807) is 19.2 Å². The fourth-order valence-electron chi connectivity index (χ4n) is 3.93. The summed E-state index contributed by atoms with van der Waals surface area (Å²) in [5, 5.41) is 0. The molecule has 164 valence electrons. The van der Waals surface area contributed by atoms with Crippen LogP contribution in [0, 0.1) is 0 Å². The molecule has 3 aromatic rings. The minimum atomic E-state index is -3.52. The van der Waals surface area contributed by atoms with Gasteiger partial charge in [0.2, 0.25) is 0 Å². The first-order valence-corrected chi connectivity index (χ1v) is 12.2. The van der Waals surface area contributed by atoms with Crippen molar-refractivity contribution < 1.29 is 13.2 Å². The fourth-order valence-corrected chi connectivity index (χ4v) is 5.44. The standard InChI is InChI=1S/C26H27N2O3S/c1-2-32(29,30)28(17-9-10-21(19-27)20-28)23-13-8-14-24(18-23)31-26-16-7-6-15-25(26)22-11-4-3-5-12-22/h3-16,18,20H,2,17,19,27H2,1H3/q+1. The van der Waals surface area contributed by atoms with E-state index in [0.29, 0.717) is 23.7 Å². The molecule has 0 spiro atoms. The van der Waals surface area contributed by atoms with Gasteiger partial charge in [0.25, 0.3) is 0 Å². The molecule has 1 unspecified atom stereocenters. The van der Waals surface area contributed by atoms with Gasteiger partial charge in [0, 0.05) is 29.8 Å². The first-order valence-electron chi connectivity index (χ1n) is 10.6. The summed E-state index contributed by atoms with van der Waals surface area (Å²) < 4.78 is 32.5. The minimum Gasteiger partial charge on any atom is -0.456 e. The second-order valence-electron chi connectivity index (χ2n) is 7.62. The Kier molecular flexibility index (Phi) is 6.28. The second-order valence-corrected chi connectivity index (χ2v) is 10.0. The summed E-state index contributed by atoms with van der Waals surface area (Å²) in [6.45, 7) is 2.25. The molecule has 0 saturated carbocycles. The molecule has 1 aliphatic rings. The van der Waals surface area contributed by atoms with Crippen LogP contribution in [-0.2, 0) is 10.0 Å². The molecule has 3 aromatic carbocycles. The number of quaternary nitrogens is 1. The van der Waals surface area contributed by atoms with Crippen molar-refractivity contribution in [2.75, 3.05) is 18.8 Å². The van der Waals surface area contributed by atoms with E-state index in [0.717, 1.165) is 16.7 Å². The van der Waals surface area contributed by atoms with Crippen LogP contribution in [0.3, 0.4) is 0 Å². The van der Waals surface area contributed by atoms with Crippen LogP contribution in [0.2, 0.25) is 0 Å². The van der Waals surface area contributed by atoms with E-state index in [-0.39, 0.29) is 16.2 Å². The molecular formula is C26H27N2O3S+. The van der Waals surface area contributed by atoms with Crippen LogP contribution in [0.1, 0.15) is 6.92 Å². The van der Waals surface area contributed by atoms with Crippen molar-refractivity contribution in [1.29, 1.82) is 0 Å². The summed E-state index contributed by atoms with van der Waals surface area (Å²) in [5.41, 5.74) is 9.27. The van der Waals surface area contributed by atoms with Gasteiger partial charge in [0.1, 0.15) is 24.2 Å².